The van der Waals surface area contributed by atoms with Gasteiger partial charge in [0.05, 0.1) is 5.78 Å². The Balaban J connectivity index is 2.80. The molecular formula is C14H24NO3P. The first kappa shape index (κ1) is 16.4. The molecule has 0 saturated heterocycles. The number of hydrogen-bond donors (Lipinski definition) is 3. The van der Waals surface area contributed by atoms with Gasteiger partial charge < -0.3 is 15.7 Å². The van der Waals surface area contributed by atoms with Crippen LogP contribution in [0.1, 0.15) is 44.6 Å². The van der Waals surface area contributed by atoms with Crippen molar-refractivity contribution < 1.29 is 14.6 Å². The fraction of sp³-hybridized carbons (Fsp3) is 0.571. The maximum Gasteiger partial charge on any atom is 0.244 e. The normalized spacial score (nSPS) is 19.4. The maximum atomic E-state index is 12.3. The number of aliphatic hydroxyl groups excluding tert-OH is 1. The van der Waals surface area contributed by atoms with Crippen LogP contribution in [0.15, 0.2) is 30.3 Å². The van der Waals surface area contributed by atoms with Gasteiger partial charge in [0.1, 0.15) is 5.85 Å². The summed E-state index contributed by atoms with van der Waals surface area (Å²) in [6, 6.07) is 9.24. The van der Waals surface area contributed by atoms with Gasteiger partial charge in [0, 0.05) is 5.92 Å². The zero-order chi connectivity index (χ0) is 14.5. The first-order chi connectivity index (χ1) is 8.91. The van der Waals surface area contributed by atoms with Crippen LogP contribution in [0.4, 0.5) is 0 Å². The quantitative estimate of drug-likeness (QED) is 0.673. The fourth-order valence-corrected chi connectivity index (χ4v) is 3.80. The summed E-state index contributed by atoms with van der Waals surface area (Å²) < 4.78 is 12.3. The SMILES string of the molecule is CCCCC(N)P(=O)(O)C(O)C(C)c1ccccc1. The van der Waals surface area contributed by atoms with Gasteiger partial charge in [0.15, 0.2) is 0 Å². The maximum absolute atomic E-state index is 12.3. The molecule has 0 spiro atoms. The molecule has 0 aliphatic rings. The highest BCUT2D eigenvalue weighted by atomic mass is 31.2. The van der Waals surface area contributed by atoms with Crippen LogP contribution >= 0.6 is 7.37 Å². The number of benzene rings is 1. The molecule has 108 valence electrons. The third kappa shape index (κ3) is 4.15. The van der Waals surface area contributed by atoms with Crippen LogP contribution in [0.25, 0.3) is 0 Å². The van der Waals surface area contributed by atoms with Crippen molar-refractivity contribution in [2.75, 3.05) is 0 Å². The zero-order valence-electron chi connectivity index (χ0n) is 11.6. The molecule has 1 aromatic carbocycles. The lowest BCUT2D eigenvalue weighted by Gasteiger charge is -2.28. The number of hydrogen-bond acceptors (Lipinski definition) is 3. The minimum Gasteiger partial charge on any atom is -0.382 e. The number of unbranched alkanes of at least 4 members (excludes halogenated alkanes) is 1. The first-order valence-corrected chi connectivity index (χ1v) is 8.51. The highest BCUT2D eigenvalue weighted by Crippen LogP contribution is 2.53. The molecule has 1 rings (SSSR count). The van der Waals surface area contributed by atoms with E-state index >= 15 is 0 Å². The van der Waals surface area contributed by atoms with Crippen molar-refractivity contribution in [3.63, 3.8) is 0 Å². The Hall–Kier alpha value is -0.670. The van der Waals surface area contributed by atoms with E-state index < -0.39 is 24.9 Å². The van der Waals surface area contributed by atoms with Gasteiger partial charge >= 0.3 is 0 Å². The largest absolute Gasteiger partial charge is 0.382 e. The molecule has 0 fully saturated rings. The van der Waals surface area contributed by atoms with Crippen LogP contribution in [-0.4, -0.2) is 21.6 Å². The van der Waals surface area contributed by atoms with E-state index in [1.54, 1.807) is 6.92 Å². The predicted octanol–water partition coefficient (Wildman–Crippen LogP) is 2.85. The molecule has 4 atom stereocenters. The molecule has 0 aromatic heterocycles. The molecule has 0 bridgehead atoms. The van der Waals surface area contributed by atoms with Crippen molar-refractivity contribution in [2.24, 2.45) is 5.73 Å². The predicted molar refractivity (Wildman–Crippen MR) is 78.2 cm³/mol. The third-order valence-corrected chi connectivity index (χ3v) is 5.89. The molecule has 19 heavy (non-hydrogen) atoms. The Labute approximate surface area is 115 Å². The molecule has 0 radical (unpaired) electrons. The zero-order valence-corrected chi connectivity index (χ0v) is 12.5. The van der Waals surface area contributed by atoms with E-state index in [-0.39, 0.29) is 0 Å². The highest BCUT2D eigenvalue weighted by molar-refractivity contribution is 7.59. The summed E-state index contributed by atoms with van der Waals surface area (Å²) in [6.07, 6.45) is 2.17. The van der Waals surface area contributed by atoms with Crippen LogP contribution in [0, 0.1) is 0 Å². The van der Waals surface area contributed by atoms with Gasteiger partial charge in [0.2, 0.25) is 7.37 Å². The summed E-state index contributed by atoms with van der Waals surface area (Å²) in [7, 11) is -3.79. The third-order valence-electron chi connectivity index (χ3n) is 3.48. The molecule has 1 aromatic rings. The van der Waals surface area contributed by atoms with E-state index in [0.29, 0.717) is 6.42 Å². The van der Waals surface area contributed by atoms with E-state index in [0.717, 1.165) is 18.4 Å². The first-order valence-electron chi connectivity index (χ1n) is 6.72. The minimum atomic E-state index is -3.79. The Morgan fingerprint density at radius 2 is 1.89 bits per heavy atom. The van der Waals surface area contributed by atoms with Gasteiger partial charge in [-0.1, -0.05) is 57.0 Å². The molecule has 4 N–H and O–H groups in total. The minimum absolute atomic E-state index is 0.412. The lowest BCUT2D eigenvalue weighted by Crippen LogP contribution is -2.29. The van der Waals surface area contributed by atoms with Gasteiger partial charge in [-0.05, 0) is 12.0 Å². The average Bonchev–Trinajstić information content (AvgIpc) is 2.43. The summed E-state index contributed by atoms with van der Waals surface area (Å²) in [5, 5.41) is 10.2. The van der Waals surface area contributed by atoms with E-state index in [1.165, 1.54) is 0 Å². The van der Waals surface area contributed by atoms with Crippen LogP contribution in [0.2, 0.25) is 0 Å². The molecule has 5 heteroatoms. The van der Waals surface area contributed by atoms with Gasteiger partial charge in [-0.2, -0.15) is 0 Å². The van der Waals surface area contributed by atoms with E-state index in [4.69, 9.17) is 5.73 Å². The molecule has 0 aliphatic heterocycles. The average molecular weight is 285 g/mol. The second-order valence-corrected chi connectivity index (χ2v) is 7.53. The van der Waals surface area contributed by atoms with E-state index in [9.17, 15) is 14.6 Å². The van der Waals surface area contributed by atoms with Gasteiger partial charge in [-0.15, -0.1) is 0 Å². The molecule has 0 aliphatic carbocycles. The van der Waals surface area contributed by atoms with Crippen molar-refractivity contribution in [1.82, 2.24) is 0 Å². The summed E-state index contributed by atoms with van der Waals surface area (Å²) >= 11 is 0. The van der Waals surface area contributed by atoms with Gasteiger partial charge in [-0.3, -0.25) is 4.57 Å². The molecule has 4 nitrogen and oxygen atoms in total. The van der Waals surface area contributed by atoms with Gasteiger partial charge in [0.25, 0.3) is 0 Å². The molecule has 0 heterocycles. The van der Waals surface area contributed by atoms with Crippen molar-refractivity contribution in [2.45, 2.75) is 50.7 Å². The topological polar surface area (TPSA) is 83.6 Å². The Morgan fingerprint density at radius 3 is 2.42 bits per heavy atom. The lowest BCUT2D eigenvalue weighted by molar-refractivity contribution is 0.202. The second-order valence-electron chi connectivity index (χ2n) is 5.00. The molecular weight excluding hydrogens is 261 g/mol. The van der Waals surface area contributed by atoms with Crippen molar-refractivity contribution >= 4 is 7.37 Å². The number of rotatable bonds is 7. The standard InChI is InChI=1S/C14H24NO3P/c1-3-4-10-13(15)19(17,18)14(16)11(2)12-8-6-5-7-9-12/h5-9,11,13-14,16H,3-4,10,15H2,1-2H3,(H,17,18). The molecule has 0 saturated carbocycles. The second kappa shape index (κ2) is 7.20. The van der Waals surface area contributed by atoms with Crippen LogP contribution in [0.3, 0.4) is 0 Å². The van der Waals surface area contributed by atoms with E-state index in [1.807, 2.05) is 37.3 Å². The summed E-state index contributed by atoms with van der Waals surface area (Å²) in [5.74, 6) is -2.58. The smallest absolute Gasteiger partial charge is 0.244 e. The van der Waals surface area contributed by atoms with Crippen molar-refractivity contribution in [1.29, 1.82) is 0 Å². The monoisotopic (exact) mass is 285 g/mol. The number of nitrogens with two attached hydrogens (primary N) is 1. The fourth-order valence-electron chi connectivity index (χ4n) is 2.04. The van der Waals surface area contributed by atoms with Crippen LogP contribution in [-0.2, 0) is 4.57 Å². The Bertz CT molecular complexity index is 424. The summed E-state index contributed by atoms with van der Waals surface area (Å²) in [5.41, 5.74) is 6.62. The molecule has 0 amide bonds. The highest BCUT2D eigenvalue weighted by Gasteiger charge is 2.39. The Kier molecular flexibility index (Phi) is 6.21. The number of aliphatic hydroxyl groups is 1. The van der Waals surface area contributed by atoms with Crippen molar-refractivity contribution in [3.8, 4) is 0 Å². The lowest BCUT2D eigenvalue weighted by atomic mass is 10.0. The van der Waals surface area contributed by atoms with Crippen molar-refractivity contribution in [3.05, 3.63) is 35.9 Å². The molecule has 4 unspecified atom stereocenters. The van der Waals surface area contributed by atoms with Gasteiger partial charge in [-0.25, -0.2) is 0 Å². The van der Waals surface area contributed by atoms with Crippen LogP contribution in [0.5, 0.6) is 0 Å². The Morgan fingerprint density at radius 1 is 1.32 bits per heavy atom. The summed E-state index contributed by atoms with van der Waals surface area (Å²) in [6.45, 7) is 3.74. The van der Waals surface area contributed by atoms with E-state index in [2.05, 4.69) is 0 Å². The van der Waals surface area contributed by atoms with Crippen LogP contribution < -0.4 is 5.73 Å². The summed E-state index contributed by atoms with van der Waals surface area (Å²) in [4.78, 5) is 10.1.